The second-order valence-corrected chi connectivity index (χ2v) is 3.73. The van der Waals surface area contributed by atoms with E-state index in [9.17, 15) is 5.11 Å². The van der Waals surface area contributed by atoms with E-state index in [1.54, 1.807) is 12.1 Å². The van der Waals surface area contributed by atoms with Crippen molar-refractivity contribution in [3.05, 3.63) is 17.7 Å². The van der Waals surface area contributed by atoms with Gasteiger partial charge >= 0.3 is 0 Å². The zero-order valence-corrected chi connectivity index (χ0v) is 11.0. The Hall–Kier alpha value is -1.46. The van der Waals surface area contributed by atoms with E-state index in [0.29, 0.717) is 24.5 Å². The Bertz CT molecular complexity index is 347. The SMILES string of the molecule is CCOC(CCO)c1cc(OC)c(O)c(OC)c1. The molecule has 1 aromatic carbocycles. The fraction of sp³-hybridized carbons (Fsp3) is 0.538. The molecule has 1 rings (SSSR count). The monoisotopic (exact) mass is 256 g/mol. The van der Waals surface area contributed by atoms with Crippen molar-refractivity contribution in [1.29, 1.82) is 0 Å². The molecule has 0 spiro atoms. The van der Waals surface area contributed by atoms with Gasteiger partial charge in [0, 0.05) is 19.6 Å². The van der Waals surface area contributed by atoms with Crippen LogP contribution in [0.4, 0.5) is 0 Å². The van der Waals surface area contributed by atoms with Crippen molar-refractivity contribution >= 4 is 0 Å². The van der Waals surface area contributed by atoms with Crippen LogP contribution in [0.5, 0.6) is 17.2 Å². The van der Waals surface area contributed by atoms with Crippen molar-refractivity contribution in [3.63, 3.8) is 0 Å². The van der Waals surface area contributed by atoms with Gasteiger partial charge in [0.25, 0.3) is 0 Å². The van der Waals surface area contributed by atoms with Crippen LogP contribution in [0.25, 0.3) is 0 Å². The summed E-state index contributed by atoms with van der Waals surface area (Å²) in [4.78, 5) is 0. The van der Waals surface area contributed by atoms with Crippen molar-refractivity contribution in [2.45, 2.75) is 19.4 Å². The number of rotatable bonds is 7. The molecule has 1 aromatic rings. The number of aliphatic hydroxyl groups is 1. The minimum Gasteiger partial charge on any atom is -0.502 e. The number of aromatic hydroxyl groups is 1. The number of ether oxygens (including phenoxy) is 3. The van der Waals surface area contributed by atoms with E-state index in [1.165, 1.54) is 14.2 Å². The average Bonchev–Trinajstić information content (AvgIpc) is 2.39. The summed E-state index contributed by atoms with van der Waals surface area (Å²) in [6.45, 7) is 2.45. The smallest absolute Gasteiger partial charge is 0.200 e. The number of aliphatic hydroxyl groups excluding tert-OH is 1. The number of hydrogen-bond donors (Lipinski definition) is 2. The summed E-state index contributed by atoms with van der Waals surface area (Å²) in [5.74, 6) is 0.613. The van der Waals surface area contributed by atoms with Crippen LogP contribution in [0.2, 0.25) is 0 Å². The van der Waals surface area contributed by atoms with Gasteiger partial charge < -0.3 is 24.4 Å². The molecule has 1 unspecified atom stereocenters. The highest BCUT2D eigenvalue weighted by Crippen LogP contribution is 2.39. The van der Waals surface area contributed by atoms with Crippen LogP contribution >= 0.6 is 0 Å². The maximum Gasteiger partial charge on any atom is 0.200 e. The highest BCUT2D eigenvalue weighted by molar-refractivity contribution is 5.53. The average molecular weight is 256 g/mol. The van der Waals surface area contributed by atoms with E-state index in [0.717, 1.165) is 5.56 Å². The number of phenols is 1. The van der Waals surface area contributed by atoms with Gasteiger partial charge in [-0.15, -0.1) is 0 Å². The first-order chi connectivity index (χ1) is 8.67. The van der Waals surface area contributed by atoms with Crippen molar-refractivity contribution < 1.29 is 24.4 Å². The van der Waals surface area contributed by atoms with Crippen LogP contribution in [0.3, 0.4) is 0 Å². The lowest BCUT2D eigenvalue weighted by molar-refractivity contribution is 0.0429. The minimum absolute atomic E-state index is 0.0240. The summed E-state index contributed by atoms with van der Waals surface area (Å²) in [7, 11) is 2.94. The van der Waals surface area contributed by atoms with Crippen molar-refractivity contribution in [2.75, 3.05) is 27.4 Å². The summed E-state index contributed by atoms with van der Waals surface area (Å²) < 4.78 is 15.7. The lowest BCUT2D eigenvalue weighted by atomic mass is 10.1. The minimum atomic E-state index is -0.247. The van der Waals surface area contributed by atoms with E-state index < -0.39 is 0 Å². The van der Waals surface area contributed by atoms with Gasteiger partial charge in [0.1, 0.15) is 0 Å². The Balaban J connectivity index is 3.13. The van der Waals surface area contributed by atoms with E-state index in [2.05, 4.69) is 0 Å². The van der Waals surface area contributed by atoms with Gasteiger partial charge in [-0.05, 0) is 24.6 Å². The van der Waals surface area contributed by atoms with Crippen LogP contribution < -0.4 is 9.47 Å². The predicted octanol–water partition coefficient (Wildman–Crippen LogP) is 1.87. The number of phenolic OH excluding ortho intramolecular Hbond substituents is 1. The molecule has 0 amide bonds. The van der Waals surface area contributed by atoms with Gasteiger partial charge in [-0.2, -0.15) is 0 Å². The van der Waals surface area contributed by atoms with Gasteiger partial charge in [-0.1, -0.05) is 0 Å². The van der Waals surface area contributed by atoms with E-state index in [1.807, 2.05) is 6.92 Å². The Morgan fingerprint density at radius 2 is 1.72 bits per heavy atom. The third-order valence-electron chi connectivity index (χ3n) is 2.63. The Morgan fingerprint density at radius 1 is 1.17 bits per heavy atom. The first kappa shape index (κ1) is 14.6. The maximum atomic E-state index is 9.81. The van der Waals surface area contributed by atoms with Crippen molar-refractivity contribution in [2.24, 2.45) is 0 Å². The fourth-order valence-electron chi connectivity index (χ4n) is 1.76. The number of hydrogen-bond acceptors (Lipinski definition) is 5. The lowest BCUT2D eigenvalue weighted by Gasteiger charge is -2.19. The standard InChI is InChI=1S/C13H20O5/c1-4-18-10(5-6-14)9-7-11(16-2)13(15)12(8-9)17-3/h7-8,10,14-15H,4-6H2,1-3H3. The quantitative estimate of drug-likeness (QED) is 0.779. The van der Waals surface area contributed by atoms with Crippen LogP contribution in [-0.2, 0) is 4.74 Å². The molecule has 0 saturated carbocycles. The normalized spacial score (nSPS) is 12.2. The summed E-state index contributed by atoms with van der Waals surface area (Å²) in [6.07, 6.45) is 0.230. The molecule has 5 nitrogen and oxygen atoms in total. The first-order valence-electron chi connectivity index (χ1n) is 5.85. The molecule has 0 aromatic heterocycles. The molecular weight excluding hydrogens is 236 g/mol. The van der Waals surface area contributed by atoms with E-state index in [4.69, 9.17) is 19.3 Å². The van der Waals surface area contributed by atoms with Crippen LogP contribution in [0, 0.1) is 0 Å². The van der Waals surface area contributed by atoms with Gasteiger partial charge in [0.15, 0.2) is 11.5 Å². The predicted molar refractivity (Wildman–Crippen MR) is 67.3 cm³/mol. The molecule has 0 radical (unpaired) electrons. The Kier molecular flexibility index (Phi) is 5.74. The first-order valence-corrected chi connectivity index (χ1v) is 5.85. The van der Waals surface area contributed by atoms with Crippen LogP contribution in [-0.4, -0.2) is 37.6 Å². The number of benzene rings is 1. The lowest BCUT2D eigenvalue weighted by Crippen LogP contribution is -2.07. The Morgan fingerprint density at radius 3 is 2.11 bits per heavy atom. The van der Waals surface area contributed by atoms with E-state index >= 15 is 0 Å². The summed E-state index contributed by atoms with van der Waals surface area (Å²) in [5.41, 5.74) is 0.803. The highest BCUT2D eigenvalue weighted by atomic mass is 16.5. The Labute approximate surface area is 107 Å². The van der Waals surface area contributed by atoms with Crippen molar-refractivity contribution in [1.82, 2.24) is 0 Å². The molecule has 0 fully saturated rings. The highest BCUT2D eigenvalue weighted by Gasteiger charge is 2.17. The second-order valence-electron chi connectivity index (χ2n) is 3.73. The molecule has 5 heteroatoms. The molecule has 0 saturated heterocycles. The zero-order valence-electron chi connectivity index (χ0n) is 11.0. The molecule has 0 heterocycles. The summed E-state index contributed by atoms with van der Waals surface area (Å²) in [6, 6.07) is 3.38. The molecule has 1 atom stereocenters. The van der Waals surface area contributed by atoms with Gasteiger partial charge in [0.2, 0.25) is 5.75 Å². The molecule has 0 aliphatic heterocycles. The largest absolute Gasteiger partial charge is 0.502 e. The second kappa shape index (κ2) is 7.08. The molecule has 0 bridgehead atoms. The zero-order chi connectivity index (χ0) is 13.5. The summed E-state index contributed by atoms with van der Waals surface area (Å²) in [5, 5.41) is 18.9. The van der Waals surface area contributed by atoms with Gasteiger partial charge in [0.05, 0.1) is 20.3 Å². The third-order valence-corrected chi connectivity index (χ3v) is 2.63. The van der Waals surface area contributed by atoms with Gasteiger partial charge in [-0.25, -0.2) is 0 Å². The van der Waals surface area contributed by atoms with Crippen LogP contribution in [0.1, 0.15) is 25.0 Å². The molecule has 2 N–H and O–H groups in total. The molecule has 18 heavy (non-hydrogen) atoms. The molecular formula is C13H20O5. The molecule has 102 valence electrons. The van der Waals surface area contributed by atoms with E-state index in [-0.39, 0.29) is 18.5 Å². The number of methoxy groups -OCH3 is 2. The van der Waals surface area contributed by atoms with Crippen LogP contribution in [0.15, 0.2) is 12.1 Å². The molecule has 0 aliphatic rings. The third kappa shape index (κ3) is 3.27. The fourth-order valence-corrected chi connectivity index (χ4v) is 1.76. The van der Waals surface area contributed by atoms with Gasteiger partial charge in [-0.3, -0.25) is 0 Å². The maximum absolute atomic E-state index is 9.81. The van der Waals surface area contributed by atoms with Crippen molar-refractivity contribution in [3.8, 4) is 17.2 Å². The topological polar surface area (TPSA) is 68.2 Å². The molecule has 0 aliphatic carbocycles. The summed E-state index contributed by atoms with van der Waals surface area (Å²) >= 11 is 0.